The van der Waals surface area contributed by atoms with Gasteiger partial charge in [-0.2, -0.15) is 23.5 Å². The van der Waals surface area contributed by atoms with Crippen molar-refractivity contribution < 1.29 is 5.11 Å². The van der Waals surface area contributed by atoms with E-state index in [1.807, 2.05) is 11.8 Å². The molecule has 14 heavy (non-hydrogen) atoms. The number of thioether (sulfide) groups is 2. The summed E-state index contributed by atoms with van der Waals surface area (Å²) in [5.74, 6) is 3.58. The van der Waals surface area contributed by atoms with Gasteiger partial charge < -0.3 is 10.4 Å². The molecule has 4 heteroatoms. The molecule has 1 fully saturated rings. The molecule has 1 heterocycles. The minimum Gasteiger partial charge on any atom is -0.396 e. The first-order valence-corrected chi connectivity index (χ1v) is 7.58. The van der Waals surface area contributed by atoms with Crippen LogP contribution >= 0.6 is 23.5 Å². The number of nitrogens with one attached hydrogen (secondary N) is 1. The maximum atomic E-state index is 8.60. The third-order valence-corrected chi connectivity index (χ3v) is 4.87. The first-order valence-electron chi connectivity index (χ1n) is 5.38. The van der Waals surface area contributed by atoms with Gasteiger partial charge in [0.2, 0.25) is 0 Å². The molecule has 1 rings (SSSR count). The van der Waals surface area contributed by atoms with Crippen LogP contribution in [0.2, 0.25) is 0 Å². The van der Waals surface area contributed by atoms with Crippen molar-refractivity contribution in [3.63, 3.8) is 0 Å². The smallest absolute Gasteiger partial charge is 0.0438 e. The van der Waals surface area contributed by atoms with E-state index in [-0.39, 0.29) is 0 Å². The molecule has 2 N–H and O–H groups in total. The van der Waals surface area contributed by atoms with Crippen molar-refractivity contribution in [1.82, 2.24) is 5.32 Å². The molecule has 2 atom stereocenters. The second-order valence-corrected chi connectivity index (χ2v) is 6.32. The summed E-state index contributed by atoms with van der Waals surface area (Å²) in [6.07, 6.45) is 2.26. The van der Waals surface area contributed by atoms with Gasteiger partial charge >= 0.3 is 0 Å². The van der Waals surface area contributed by atoms with E-state index in [9.17, 15) is 0 Å². The topological polar surface area (TPSA) is 32.3 Å². The monoisotopic (exact) mass is 235 g/mol. The second kappa shape index (κ2) is 7.85. The number of hydrogen-bond donors (Lipinski definition) is 2. The molecule has 0 amide bonds. The lowest BCUT2D eigenvalue weighted by Crippen LogP contribution is -2.34. The third-order valence-electron chi connectivity index (χ3n) is 2.48. The zero-order valence-corrected chi connectivity index (χ0v) is 10.5. The van der Waals surface area contributed by atoms with Crippen molar-refractivity contribution in [3.8, 4) is 0 Å². The van der Waals surface area contributed by atoms with Crippen LogP contribution in [0.3, 0.4) is 0 Å². The second-order valence-electron chi connectivity index (χ2n) is 3.61. The van der Waals surface area contributed by atoms with Gasteiger partial charge in [0.15, 0.2) is 0 Å². The fraction of sp³-hybridized carbons (Fsp3) is 1.00. The van der Waals surface area contributed by atoms with Crippen LogP contribution < -0.4 is 5.32 Å². The summed E-state index contributed by atoms with van der Waals surface area (Å²) in [7, 11) is 0. The van der Waals surface area contributed by atoms with E-state index in [1.54, 1.807) is 0 Å². The van der Waals surface area contributed by atoms with E-state index in [0.717, 1.165) is 30.0 Å². The van der Waals surface area contributed by atoms with Crippen molar-refractivity contribution >= 4 is 23.5 Å². The predicted octanol–water partition coefficient (Wildman–Crippen LogP) is 1.59. The van der Waals surface area contributed by atoms with Crippen molar-refractivity contribution in [2.24, 2.45) is 0 Å². The highest BCUT2D eigenvalue weighted by Gasteiger charge is 2.22. The highest BCUT2D eigenvalue weighted by Crippen LogP contribution is 2.25. The van der Waals surface area contributed by atoms with Crippen LogP contribution in [0.1, 0.15) is 19.8 Å². The average Bonchev–Trinajstić information content (AvgIpc) is 2.58. The lowest BCUT2D eigenvalue weighted by atomic mass is 10.2. The minimum absolute atomic E-state index is 0.330. The highest BCUT2D eigenvalue weighted by molar-refractivity contribution is 8.00. The Labute approximate surface area is 95.6 Å². The van der Waals surface area contributed by atoms with Gasteiger partial charge in [-0.3, -0.25) is 0 Å². The molecular weight excluding hydrogens is 214 g/mol. The Hall–Kier alpha value is 0.620. The first-order chi connectivity index (χ1) is 6.84. The van der Waals surface area contributed by atoms with Crippen molar-refractivity contribution in [2.75, 3.05) is 30.4 Å². The summed E-state index contributed by atoms with van der Waals surface area (Å²) < 4.78 is 0. The summed E-state index contributed by atoms with van der Waals surface area (Å²) in [6, 6.07) is 0.735. The fourth-order valence-corrected chi connectivity index (χ4v) is 3.61. The SMILES string of the molecule is CC1SCCC1NCCSCCCO. The van der Waals surface area contributed by atoms with Gasteiger partial charge in [0.05, 0.1) is 0 Å². The largest absolute Gasteiger partial charge is 0.396 e. The molecule has 2 unspecified atom stereocenters. The van der Waals surface area contributed by atoms with Crippen molar-refractivity contribution in [2.45, 2.75) is 31.1 Å². The number of aliphatic hydroxyl groups excluding tert-OH is 1. The summed E-state index contributed by atoms with van der Waals surface area (Å²) in [5, 5.41) is 13.0. The predicted molar refractivity (Wildman–Crippen MR) is 67.4 cm³/mol. The van der Waals surface area contributed by atoms with Crippen molar-refractivity contribution in [1.29, 1.82) is 0 Å². The van der Waals surface area contributed by atoms with Gasteiger partial charge in [-0.1, -0.05) is 6.92 Å². The van der Waals surface area contributed by atoms with Crippen LogP contribution in [0.15, 0.2) is 0 Å². The minimum atomic E-state index is 0.330. The summed E-state index contributed by atoms with van der Waals surface area (Å²) in [4.78, 5) is 0. The van der Waals surface area contributed by atoms with Crippen LogP contribution in [0.5, 0.6) is 0 Å². The summed E-state index contributed by atoms with van der Waals surface area (Å²) >= 11 is 4.01. The maximum absolute atomic E-state index is 8.60. The van der Waals surface area contributed by atoms with Crippen LogP contribution in [0, 0.1) is 0 Å². The molecule has 84 valence electrons. The van der Waals surface area contributed by atoms with E-state index in [2.05, 4.69) is 24.0 Å². The molecule has 1 saturated heterocycles. The van der Waals surface area contributed by atoms with E-state index in [1.165, 1.54) is 17.9 Å². The first kappa shape index (κ1) is 12.7. The van der Waals surface area contributed by atoms with Crippen LogP contribution in [0.25, 0.3) is 0 Å². The summed E-state index contributed by atoms with van der Waals surface area (Å²) in [5.41, 5.74) is 0. The van der Waals surface area contributed by atoms with Gasteiger partial charge in [-0.25, -0.2) is 0 Å². The van der Waals surface area contributed by atoms with Crippen LogP contribution in [-0.2, 0) is 0 Å². The molecule has 0 aromatic heterocycles. The van der Waals surface area contributed by atoms with Gasteiger partial charge in [0.1, 0.15) is 0 Å². The number of hydrogen-bond acceptors (Lipinski definition) is 4. The lowest BCUT2D eigenvalue weighted by molar-refractivity contribution is 0.296. The molecule has 2 nitrogen and oxygen atoms in total. The lowest BCUT2D eigenvalue weighted by Gasteiger charge is -2.15. The van der Waals surface area contributed by atoms with Crippen LogP contribution in [-0.4, -0.2) is 46.8 Å². The Bertz CT molecular complexity index is 146. The van der Waals surface area contributed by atoms with E-state index in [4.69, 9.17) is 5.11 Å². The molecule has 0 aromatic carbocycles. The Kier molecular flexibility index (Phi) is 7.12. The molecule has 0 aromatic rings. The molecule has 0 saturated carbocycles. The molecule has 0 aliphatic carbocycles. The van der Waals surface area contributed by atoms with Gasteiger partial charge in [0, 0.05) is 30.2 Å². The molecule has 0 spiro atoms. The van der Waals surface area contributed by atoms with E-state index < -0.39 is 0 Å². The summed E-state index contributed by atoms with van der Waals surface area (Å²) in [6.45, 7) is 3.76. The highest BCUT2D eigenvalue weighted by atomic mass is 32.2. The average molecular weight is 235 g/mol. The van der Waals surface area contributed by atoms with E-state index in [0.29, 0.717) is 6.61 Å². The molecule has 1 aliphatic heterocycles. The molecule has 0 radical (unpaired) electrons. The van der Waals surface area contributed by atoms with Crippen LogP contribution in [0.4, 0.5) is 0 Å². The molecule has 0 bridgehead atoms. The van der Waals surface area contributed by atoms with Gasteiger partial charge in [-0.05, 0) is 24.3 Å². The van der Waals surface area contributed by atoms with Gasteiger partial charge in [0.25, 0.3) is 0 Å². The Balaban J connectivity index is 1.88. The fourth-order valence-electron chi connectivity index (χ4n) is 1.58. The normalized spacial score (nSPS) is 27.0. The zero-order valence-electron chi connectivity index (χ0n) is 8.87. The van der Waals surface area contributed by atoms with E-state index >= 15 is 0 Å². The Morgan fingerprint density at radius 1 is 1.50 bits per heavy atom. The molecular formula is C10H21NOS2. The standard InChI is InChI=1S/C10H21NOS2/c1-9-10(3-7-14-9)11-4-8-13-6-2-5-12/h9-12H,2-8H2,1H3. The quantitative estimate of drug-likeness (QED) is 0.656. The third kappa shape index (κ3) is 4.91. The Morgan fingerprint density at radius 2 is 2.36 bits per heavy atom. The van der Waals surface area contributed by atoms with Gasteiger partial charge in [-0.15, -0.1) is 0 Å². The van der Waals surface area contributed by atoms with Crippen molar-refractivity contribution in [3.05, 3.63) is 0 Å². The molecule has 1 aliphatic rings. The zero-order chi connectivity index (χ0) is 10.2. The Morgan fingerprint density at radius 3 is 3.00 bits per heavy atom. The maximum Gasteiger partial charge on any atom is 0.0438 e. The number of aliphatic hydroxyl groups is 1. The number of rotatable bonds is 7.